The normalized spacial score (nSPS) is 12.7. The van der Waals surface area contributed by atoms with Gasteiger partial charge in [-0.3, -0.25) is 0 Å². The van der Waals surface area contributed by atoms with E-state index in [2.05, 4.69) is 320 Å². The molecular weight excluding hydrogens is 990 g/mol. The van der Waals surface area contributed by atoms with Gasteiger partial charge < -0.3 is 14.4 Å². The van der Waals surface area contributed by atoms with Gasteiger partial charge in [-0.2, -0.15) is 0 Å². The zero-order valence-corrected chi connectivity index (χ0v) is 46.1. The molecule has 1 aromatic heterocycles. The SMILES string of the molecule is CC(C)(C)c1ccc2c(c1)c1c3ccccc3c3ccccc3c1n2-c1cc2c3c(c1)N(c1ccc(-c4ccccc4)cc1)c1ccc(-c4ccccc4)cc1B3c1cc(-c3ccccc3)ccc1N2c1ccc(-c2ccccc2)cc1. The molecule has 0 saturated heterocycles. The minimum atomic E-state index is -0.131. The van der Waals surface area contributed by atoms with E-state index in [1.807, 2.05) is 0 Å². The molecule has 0 radical (unpaired) electrons. The molecule has 0 aliphatic carbocycles. The van der Waals surface area contributed by atoms with Gasteiger partial charge in [0.15, 0.2) is 0 Å². The molecule has 0 bridgehead atoms. The van der Waals surface area contributed by atoms with Crippen molar-refractivity contribution >= 4 is 101 Å². The first kappa shape index (κ1) is 47.8. The third kappa shape index (κ3) is 7.59. The van der Waals surface area contributed by atoms with Crippen LogP contribution in [0.2, 0.25) is 0 Å². The van der Waals surface area contributed by atoms with E-state index in [4.69, 9.17) is 0 Å². The summed E-state index contributed by atoms with van der Waals surface area (Å²) < 4.78 is 2.60. The number of rotatable bonds is 7. The number of aromatic nitrogens is 1. The van der Waals surface area contributed by atoms with Crippen LogP contribution in [0.1, 0.15) is 26.3 Å². The van der Waals surface area contributed by atoms with E-state index in [1.165, 1.54) is 110 Å². The van der Waals surface area contributed by atoms with Gasteiger partial charge in [0.1, 0.15) is 0 Å². The molecule has 0 atom stereocenters. The van der Waals surface area contributed by atoms with Crippen LogP contribution in [0.4, 0.5) is 34.1 Å². The zero-order chi connectivity index (χ0) is 54.6. The van der Waals surface area contributed by atoms with Gasteiger partial charge in [-0.25, -0.2) is 0 Å². The number of anilines is 6. The molecule has 13 aromatic carbocycles. The van der Waals surface area contributed by atoms with Gasteiger partial charge in [-0.15, -0.1) is 0 Å². The lowest BCUT2D eigenvalue weighted by molar-refractivity contribution is 0.591. The van der Waals surface area contributed by atoms with Crippen LogP contribution >= 0.6 is 0 Å². The van der Waals surface area contributed by atoms with Crippen molar-refractivity contribution < 1.29 is 0 Å². The number of fused-ring (bicyclic) bond motifs is 12. The first-order valence-corrected chi connectivity index (χ1v) is 28.7. The Morgan fingerprint density at radius 3 is 1.15 bits per heavy atom. The number of benzene rings is 13. The molecule has 4 heteroatoms. The number of hydrogen-bond donors (Lipinski definition) is 0. The van der Waals surface area contributed by atoms with Gasteiger partial charge in [0.25, 0.3) is 6.71 Å². The average molecular weight is 1050 g/mol. The largest absolute Gasteiger partial charge is 0.311 e. The van der Waals surface area contributed by atoms with E-state index >= 15 is 0 Å². The summed E-state index contributed by atoms with van der Waals surface area (Å²) in [5, 5.41) is 7.54. The van der Waals surface area contributed by atoms with Crippen molar-refractivity contribution in [3.8, 4) is 50.2 Å². The van der Waals surface area contributed by atoms with E-state index in [1.54, 1.807) is 0 Å². The Hall–Kier alpha value is -10.2. The second-order valence-electron chi connectivity index (χ2n) is 23.2. The van der Waals surface area contributed by atoms with Gasteiger partial charge >= 0.3 is 0 Å². The molecule has 0 spiro atoms. The van der Waals surface area contributed by atoms with Crippen molar-refractivity contribution in [1.82, 2.24) is 4.57 Å². The highest BCUT2D eigenvalue weighted by atomic mass is 15.2. The highest BCUT2D eigenvalue weighted by molar-refractivity contribution is 7.00. The molecule has 82 heavy (non-hydrogen) atoms. The lowest BCUT2D eigenvalue weighted by Crippen LogP contribution is -2.61. The van der Waals surface area contributed by atoms with E-state index in [-0.39, 0.29) is 12.1 Å². The monoisotopic (exact) mass is 1050 g/mol. The van der Waals surface area contributed by atoms with E-state index < -0.39 is 0 Å². The van der Waals surface area contributed by atoms with Crippen LogP contribution in [0.3, 0.4) is 0 Å². The van der Waals surface area contributed by atoms with Crippen LogP contribution in [-0.2, 0) is 5.41 Å². The summed E-state index contributed by atoms with van der Waals surface area (Å²) in [7, 11) is 0. The highest BCUT2D eigenvalue weighted by Gasteiger charge is 2.44. The molecule has 386 valence electrons. The molecule has 2 aliphatic heterocycles. The molecule has 0 fully saturated rings. The zero-order valence-electron chi connectivity index (χ0n) is 46.1. The molecule has 16 rings (SSSR count). The van der Waals surface area contributed by atoms with Gasteiger partial charge in [0.2, 0.25) is 0 Å². The lowest BCUT2D eigenvalue weighted by atomic mass is 9.33. The van der Waals surface area contributed by atoms with Crippen molar-refractivity contribution in [1.29, 1.82) is 0 Å². The van der Waals surface area contributed by atoms with Gasteiger partial charge in [-0.1, -0.05) is 245 Å². The Labute approximate surface area is 479 Å². The van der Waals surface area contributed by atoms with Crippen LogP contribution in [0.25, 0.3) is 93.5 Å². The fourth-order valence-electron chi connectivity index (χ4n) is 13.6. The summed E-state index contributed by atoms with van der Waals surface area (Å²) in [6.07, 6.45) is 0. The predicted molar refractivity (Wildman–Crippen MR) is 350 cm³/mol. The van der Waals surface area contributed by atoms with Crippen molar-refractivity contribution in [3.63, 3.8) is 0 Å². The molecule has 2 aliphatic rings. The molecule has 0 saturated carbocycles. The van der Waals surface area contributed by atoms with E-state index in [0.717, 1.165) is 39.8 Å². The lowest BCUT2D eigenvalue weighted by Gasteiger charge is -2.44. The summed E-state index contributed by atoms with van der Waals surface area (Å²) >= 11 is 0. The van der Waals surface area contributed by atoms with Crippen molar-refractivity contribution in [2.24, 2.45) is 0 Å². The Balaban J connectivity index is 1.05. The van der Waals surface area contributed by atoms with E-state index in [0.29, 0.717) is 0 Å². The van der Waals surface area contributed by atoms with Crippen LogP contribution < -0.4 is 26.2 Å². The maximum atomic E-state index is 2.60. The summed E-state index contributed by atoms with van der Waals surface area (Å²) in [6, 6.07) is 107. The van der Waals surface area contributed by atoms with Crippen molar-refractivity contribution in [2.45, 2.75) is 26.2 Å². The number of nitrogens with zero attached hydrogens (tertiary/aromatic N) is 3. The number of hydrogen-bond acceptors (Lipinski definition) is 2. The smallest absolute Gasteiger partial charge is 0.252 e. The fraction of sp³-hybridized carbons (Fsp3) is 0.0513. The first-order valence-electron chi connectivity index (χ1n) is 28.7. The molecule has 0 unspecified atom stereocenters. The second kappa shape index (κ2) is 18.7. The second-order valence-corrected chi connectivity index (χ2v) is 23.2. The minimum absolute atomic E-state index is 0.0606. The Kier molecular flexibility index (Phi) is 10.9. The summed E-state index contributed by atoms with van der Waals surface area (Å²) in [6.45, 7) is 6.85. The molecule has 0 N–H and O–H groups in total. The summed E-state index contributed by atoms with van der Waals surface area (Å²) in [4.78, 5) is 5.14. The Bertz CT molecular complexity index is 4610. The molecular formula is C78H56BN3. The molecule has 0 amide bonds. The van der Waals surface area contributed by atoms with Gasteiger partial charge in [0, 0.05) is 50.3 Å². The van der Waals surface area contributed by atoms with Crippen molar-refractivity contribution in [2.75, 3.05) is 9.80 Å². The average Bonchev–Trinajstić information content (AvgIpc) is 1.45. The maximum Gasteiger partial charge on any atom is 0.252 e. The first-order chi connectivity index (χ1) is 40.3. The van der Waals surface area contributed by atoms with Gasteiger partial charge in [-0.05, 0) is 149 Å². The molecule has 14 aromatic rings. The van der Waals surface area contributed by atoms with Crippen LogP contribution in [-0.4, -0.2) is 11.3 Å². The Morgan fingerprint density at radius 2 is 0.683 bits per heavy atom. The summed E-state index contributed by atoms with van der Waals surface area (Å²) in [5.41, 5.74) is 24.9. The van der Waals surface area contributed by atoms with Crippen molar-refractivity contribution in [3.05, 3.63) is 291 Å². The highest BCUT2D eigenvalue weighted by Crippen LogP contribution is 2.49. The fourth-order valence-corrected chi connectivity index (χ4v) is 13.6. The van der Waals surface area contributed by atoms with Crippen LogP contribution in [0.5, 0.6) is 0 Å². The van der Waals surface area contributed by atoms with Crippen LogP contribution in [0, 0.1) is 0 Å². The third-order valence-electron chi connectivity index (χ3n) is 17.5. The van der Waals surface area contributed by atoms with Gasteiger partial charge in [0.05, 0.1) is 16.7 Å². The molecule has 3 nitrogen and oxygen atoms in total. The Morgan fingerprint density at radius 1 is 0.293 bits per heavy atom. The maximum absolute atomic E-state index is 2.60. The third-order valence-corrected chi connectivity index (χ3v) is 17.5. The van der Waals surface area contributed by atoms with E-state index in [9.17, 15) is 0 Å². The standard InChI is InChI=1S/C78H56BN3/c1-78(2,3)59-38-45-70-67(48-59)75-65-30-18-16-28-63(65)64-29-17-19-31-66(64)77(75)82(70)62-49-73-76-74(50-62)81(61-41-34-56(35-42-61)52-22-10-5-11-23-52)72-44-37-58(54-26-14-7-15-27-54)47-69(72)79(76)68-46-57(53-24-12-6-13-25-53)36-43-71(68)80(73)60-39-32-55(33-40-60)51-20-8-4-9-21-51/h4-50H,1-3H3. The quantitative estimate of drug-likeness (QED) is 0.116. The topological polar surface area (TPSA) is 11.4 Å². The molecule has 3 heterocycles. The van der Waals surface area contributed by atoms with Crippen LogP contribution in [0.15, 0.2) is 285 Å². The minimum Gasteiger partial charge on any atom is -0.311 e. The summed E-state index contributed by atoms with van der Waals surface area (Å²) in [5.74, 6) is 0. The predicted octanol–water partition coefficient (Wildman–Crippen LogP) is 19.1.